The largest absolute Gasteiger partial charge is 0.349 e. The fraction of sp³-hybridized carbons (Fsp3) is 0.375. The smallest absolute Gasteiger partial charge is 0.230 e. The molecule has 1 unspecified atom stereocenters. The Bertz CT molecular complexity index is 636. The molecular weight excluding hydrogens is 282 g/mol. The number of thioether (sulfide) groups is 1. The van der Waals surface area contributed by atoms with Crippen molar-refractivity contribution in [1.82, 2.24) is 14.9 Å². The number of aryl methyl sites for hydroxylation is 3. The number of amides is 1. The molecular formula is C16H21N3OS. The molecule has 1 amide bonds. The first-order valence-corrected chi connectivity index (χ1v) is 7.92. The SMILES string of the molecule is Cc1ccc(C(C)NC(=O)CSc2nccn2C)cc1C. The van der Waals surface area contributed by atoms with Crippen LogP contribution in [-0.4, -0.2) is 21.2 Å². The summed E-state index contributed by atoms with van der Waals surface area (Å²) in [5.74, 6) is 0.397. The third-order valence-electron chi connectivity index (χ3n) is 3.52. The maximum absolute atomic E-state index is 12.0. The summed E-state index contributed by atoms with van der Waals surface area (Å²) in [6, 6.07) is 6.31. The minimum atomic E-state index is 0.0128. The first kappa shape index (κ1) is 15.6. The van der Waals surface area contributed by atoms with Gasteiger partial charge in [-0.25, -0.2) is 4.98 Å². The summed E-state index contributed by atoms with van der Waals surface area (Å²) in [7, 11) is 1.92. The van der Waals surface area contributed by atoms with Crippen LogP contribution in [0.4, 0.5) is 0 Å². The molecule has 0 bridgehead atoms. The van der Waals surface area contributed by atoms with Gasteiger partial charge in [-0.05, 0) is 37.5 Å². The van der Waals surface area contributed by atoms with Crippen molar-refractivity contribution in [1.29, 1.82) is 0 Å². The standard InChI is InChI=1S/C16H21N3OS/c1-11-5-6-14(9-12(11)2)13(3)18-15(20)10-21-16-17-7-8-19(16)4/h5-9,13H,10H2,1-4H3,(H,18,20). The Balaban J connectivity index is 1.89. The monoisotopic (exact) mass is 303 g/mol. The van der Waals surface area contributed by atoms with E-state index in [4.69, 9.17) is 0 Å². The van der Waals surface area contributed by atoms with Crippen LogP contribution in [0.1, 0.15) is 29.7 Å². The highest BCUT2D eigenvalue weighted by Gasteiger charge is 2.11. The normalized spacial score (nSPS) is 12.2. The molecule has 0 spiro atoms. The third kappa shape index (κ3) is 4.11. The Kier molecular flexibility index (Phi) is 5.07. The molecule has 1 aromatic heterocycles. The zero-order valence-electron chi connectivity index (χ0n) is 12.9. The van der Waals surface area contributed by atoms with Crippen LogP contribution in [0, 0.1) is 13.8 Å². The summed E-state index contributed by atoms with van der Waals surface area (Å²) in [5, 5.41) is 3.88. The van der Waals surface area contributed by atoms with Crippen LogP contribution in [0.3, 0.4) is 0 Å². The van der Waals surface area contributed by atoms with Gasteiger partial charge in [0.1, 0.15) is 0 Å². The molecule has 1 atom stereocenters. The predicted octanol–water partition coefficient (Wildman–Crippen LogP) is 3.01. The van der Waals surface area contributed by atoms with E-state index in [1.807, 2.05) is 24.7 Å². The van der Waals surface area contributed by atoms with Crippen molar-refractivity contribution in [2.75, 3.05) is 5.75 Å². The Labute approximate surface area is 130 Å². The molecule has 21 heavy (non-hydrogen) atoms. The van der Waals surface area contributed by atoms with E-state index in [-0.39, 0.29) is 11.9 Å². The number of hydrogen-bond donors (Lipinski definition) is 1. The summed E-state index contributed by atoms with van der Waals surface area (Å²) in [6.07, 6.45) is 3.61. The van der Waals surface area contributed by atoms with Crippen LogP contribution in [0.25, 0.3) is 0 Å². The van der Waals surface area contributed by atoms with E-state index < -0.39 is 0 Å². The number of imidazole rings is 1. The Morgan fingerprint density at radius 3 is 2.76 bits per heavy atom. The predicted molar refractivity (Wildman–Crippen MR) is 86.4 cm³/mol. The second-order valence-electron chi connectivity index (χ2n) is 5.24. The minimum Gasteiger partial charge on any atom is -0.349 e. The lowest BCUT2D eigenvalue weighted by Gasteiger charge is -2.15. The Morgan fingerprint density at radius 1 is 1.38 bits per heavy atom. The molecule has 2 rings (SSSR count). The lowest BCUT2D eigenvalue weighted by atomic mass is 10.0. The number of aromatic nitrogens is 2. The van der Waals surface area contributed by atoms with Crippen molar-refractivity contribution >= 4 is 17.7 Å². The van der Waals surface area contributed by atoms with Crippen molar-refractivity contribution in [3.8, 4) is 0 Å². The zero-order valence-corrected chi connectivity index (χ0v) is 13.7. The quantitative estimate of drug-likeness (QED) is 0.864. The van der Waals surface area contributed by atoms with Crippen LogP contribution in [-0.2, 0) is 11.8 Å². The molecule has 0 radical (unpaired) electrons. The summed E-state index contributed by atoms with van der Waals surface area (Å²) < 4.78 is 1.91. The average molecular weight is 303 g/mol. The highest BCUT2D eigenvalue weighted by molar-refractivity contribution is 7.99. The first-order valence-electron chi connectivity index (χ1n) is 6.94. The lowest BCUT2D eigenvalue weighted by molar-refractivity contribution is -0.119. The van der Waals surface area contributed by atoms with Gasteiger partial charge >= 0.3 is 0 Å². The average Bonchev–Trinajstić information content (AvgIpc) is 2.85. The van der Waals surface area contributed by atoms with Gasteiger partial charge in [-0.15, -0.1) is 0 Å². The van der Waals surface area contributed by atoms with Crippen LogP contribution in [0.5, 0.6) is 0 Å². The third-order valence-corrected chi connectivity index (χ3v) is 4.58. The Morgan fingerprint density at radius 2 is 2.14 bits per heavy atom. The van der Waals surface area contributed by atoms with E-state index in [0.717, 1.165) is 10.7 Å². The minimum absolute atomic E-state index is 0.0128. The van der Waals surface area contributed by atoms with Crippen molar-refractivity contribution < 1.29 is 4.79 Å². The van der Waals surface area contributed by atoms with Crippen LogP contribution in [0.2, 0.25) is 0 Å². The molecule has 1 N–H and O–H groups in total. The highest BCUT2D eigenvalue weighted by Crippen LogP contribution is 2.18. The van der Waals surface area contributed by atoms with Gasteiger partial charge < -0.3 is 9.88 Å². The maximum atomic E-state index is 12.0. The van der Waals surface area contributed by atoms with Gasteiger partial charge in [0.05, 0.1) is 11.8 Å². The summed E-state index contributed by atoms with van der Waals surface area (Å²) in [5.41, 5.74) is 3.65. The van der Waals surface area contributed by atoms with Crippen molar-refractivity contribution in [3.05, 3.63) is 47.3 Å². The lowest BCUT2D eigenvalue weighted by Crippen LogP contribution is -2.28. The van der Waals surface area contributed by atoms with E-state index >= 15 is 0 Å². The van der Waals surface area contributed by atoms with Gasteiger partial charge in [-0.1, -0.05) is 30.0 Å². The molecule has 0 aliphatic rings. The van der Waals surface area contributed by atoms with Crippen LogP contribution in [0.15, 0.2) is 35.7 Å². The van der Waals surface area contributed by atoms with Gasteiger partial charge in [0.25, 0.3) is 0 Å². The van der Waals surface area contributed by atoms with E-state index in [1.54, 1.807) is 6.20 Å². The second-order valence-corrected chi connectivity index (χ2v) is 6.18. The van der Waals surface area contributed by atoms with Crippen LogP contribution >= 0.6 is 11.8 Å². The Hall–Kier alpha value is -1.75. The molecule has 0 saturated heterocycles. The number of hydrogen-bond acceptors (Lipinski definition) is 3. The van der Waals surface area contributed by atoms with Gasteiger partial charge in [0.15, 0.2) is 5.16 Å². The van der Waals surface area contributed by atoms with Gasteiger partial charge in [-0.2, -0.15) is 0 Å². The molecule has 112 valence electrons. The maximum Gasteiger partial charge on any atom is 0.230 e. The molecule has 1 heterocycles. The molecule has 0 aliphatic heterocycles. The summed E-state index contributed by atoms with van der Waals surface area (Å²) in [6.45, 7) is 6.18. The van der Waals surface area contributed by atoms with Gasteiger partial charge in [-0.3, -0.25) is 4.79 Å². The van der Waals surface area contributed by atoms with Gasteiger partial charge in [0, 0.05) is 19.4 Å². The molecule has 5 heteroatoms. The van der Waals surface area contributed by atoms with E-state index in [1.165, 1.54) is 22.9 Å². The first-order chi connectivity index (χ1) is 9.97. The molecule has 0 aliphatic carbocycles. The van der Waals surface area contributed by atoms with Crippen molar-refractivity contribution in [2.24, 2.45) is 7.05 Å². The molecule has 2 aromatic rings. The number of nitrogens with zero attached hydrogens (tertiary/aromatic N) is 2. The molecule has 0 fully saturated rings. The van der Waals surface area contributed by atoms with Crippen molar-refractivity contribution in [2.45, 2.75) is 32.0 Å². The summed E-state index contributed by atoms with van der Waals surface area (Å²) in [4.78, 5) is 16.2. The topological polar surface area (TPSA) is 46.9 Å². The van der Waals surface area contributed by atoms with E-state index in [9.17, 15) is 4.79 Å². The number of rotatable bonds is 5. The van der Waals surface area contributed by atoms with Gasteiger partial charge in [0.2, 0.25) is 5.91 Å². The zero-order chi connectivity index (χ0) is 15.4. The highest BCUT2D eigenvalue weighted by atomic mass is 32.2. The summed E-state index contributed by atoms with van der Waals surface area (Å²) >= 11 is 1.44. The van der Waals surface area contributed by atoms with Crippen molar-refractivity contribution in [3.63, 3.8) is 0 Å². The fourth-order valence-corrected chi connectivity index (χ4v) is 2.76. The number of benzene rings is 1. The number of carbonyl (C=O) groups excluding carboxylic acids is 1. The molecule has 0 saturated carbocycles. The van der Waals surface area contributed by atoms with Crippen LogP contribution < -0.4 is 5.32 Å². The number of nitrogens with one attached hydrogen (secondary N) is 1. The van der Waals surface area contributed by atoms with E-state index in [2.05, 4.69) is 42.3 Å². The molecule has 1 aromatic carbocycles. The number of carbonyl (C=O) groups is 1. The fourth-order valence-electron chi connectivity index (χ4n) is 2.02. The second kappa shape index (κ2) is 6.80. The molecule has 4 nitrogen and oxygen atoms in total. The van der Waals surface area contributed by atoms with E-state index in [0.29, 0.717) is 5.75 Å².